The lowest BCUT2D eigenvalue weighted by molar-refractivity contribution is -0.139. The van der Waals surface area contributed by atoms with Crippen molar-refractivity contribution in [1.82, 2.24) is 0 Å². The van der Waals surface area contributed by atoms with Gasteiger partial charge in [-0.05, 0) is 33.6 Å². The summed E-state index contributed by atoms with van der Waals surface area (Å²) in [4.78, 5) is 10.9. The van der Waals surface area contributed by atoms with Gasteiger partial charge in [0.25, 0.3) is 0 Å². The normalized spacial score (nSPS) is 10.3. The minimum absolute atomic E-state index is 0. The molecule has 0 aromatic rings. The highest BCUT2D eigenvalue weighted by Gasteiger charge is 2.10. The first kappa shape index (κ1) is 15.9. The van der Waals surface area contributed by atoms with Gasteiger partial charge in [-0.3, -0.25) is 0 Å². The Balaban J connectivity index is 0. The smallest absolute Gasteiger partial charge is 0.333 e. The molecular weight excluding hydrogens is 202 g/mol. The van der Waals surface area contributed by atoms with E-state index < -0.39 is 0 Å². The Kier molecular flexibility index (Phi) is 7.78. The van der Waals surface area contributed by atoms with Crippen LogP contribution in [0.5, 0.6) is 0 Å². The van der Waals surface area contributed by atoms with Crippen LogP contribution in [0.3, 0.4) is 0 Å². The highest BCUT2D eigenvalue weighted by atomic mass is 35.5. The molecule has 2 N–H and O–H groups in total. The van der Waals surface area contributed by atoms with Crippen LogP contribution < -0.4 is 5.73 Å². The van der Waals surface area contributed by atoms with Crippen molar-refractivity contribution in [2.45, 2.75) is 39.2 Å². The van der Waals surface area contributed by atoms with Gasteiger partial charge in [0.05, 0.1) is 6.61 Å². The van der Waals surface area contributed by atoms with Crippen molar-refractivity contribution < 1.29 is 9.53 Å². The Morgan fingerprint density at radius 2 is 2.00 bits per heavy atom. The number of ether oxygens (including phenoxy) is 1. The summed E-state index contributed by atoms with van der Waals surface area (Å²) in [6, 6.07) is 0. The van der Waals surface area contributed by atoms with Crippen LogP contribution >= 0.6 is 12.4 Å². The number of hydrogen-bond acceptors (Lipinski definition) is 3. The van der Waals surface area contributed by atoms with E-state index >= 15 is 0 Å². The highest BCUT2D eigenvalue weighted by Crippen LogP contribution is 2.07. The van der Waals surface area contributed by atoms with E-state index in [0.29, 0.717) is 12.2 Å². The highest BCUT2D eigenvalue weighted by molar-refractivity contribution is 5.86. The van der Waals surface area contributed by atoms with Crippen LogP contribution in [0.15, 0.2) is 12.2 Å². The molecular formula is C10H20ClNO2. The van der Waals surface area contributed by atoms with Gasteiger partial charge in [0, 0.05) is 11.1 Å². The summed E-state index contributed by atoms with van der Waals surface area (Å²) < 4.78 is 4.90. The molecule has 0 atom stereocenters. The van der Waals surface area contributed by atoms with E-state index in [0.717, 1.165) is 12.8 Å². The maximum absolute atomic E-state index is 10.9. The molecule has 84 valence electrons. The summed E-state index contributed by atoms with van der Waals surface area (Å²) in [7, 11) is 0. The number of carbonyl (C=O) groups excluding carboxylic acids is 1. The maximum Gasteiger partial charge on any atom is 0.333 e. The monoisotopic (exact) mass is 221 g/mol. The number of carbonyl (C=O) groups is 1. The van der Waals surface area contributed by atoms with Crippen molar-refractivity contribution in [1.29, 1.82) is 0 Å². The first-order valence-electron chi connectivity index (χ1n) is 4.44. The molecule has 0 aromatic heterocycles. The number of nitrogens with two attached hydrogens (primary N) is 1. The van der Waals surface area contributed by atoms with E-state index in [1.165, 1.54) is 0 Å². The lowest BCUT2D eigenvalue weighted by Gasteiger charge is -2.17. The Morgan fingerprint density at radius 1 is 1.50 bits per heavy atom. The summed E-state index contributed by atoms with van der Waals surface area (Å²) in [5.74, 6) is -0.324. The molecule has 3 nitrogen and oxygen atoms in total. The summed E-state index contributed by atoms with van der Waals surface area (Å²) in [5, 5.41) is 0. The Morgan fingerprint density at radius 3 is 2.36 bits per heavy atom. The molecule has 14 heavy (non-hydrogen) atoms. The van der Waals surface area contributed by atoms with Gasteiger partial charge in [0.2, 0.25) is 0 Å². The third kappa shape index (κ3) is 9.55. The van der Waals surface area contributed by atoms with Gasteiger partial charge >= 0.3 is 5.97 Å². The van der Waals surface area contributed by atoms with Gasteiger partial charge < -0.3 is 10.5 Å². The molecule has 0 aliphatic rings. The quantitative estimate of drug-likeness (QED) is 0.439. The van der Waals surface area contributed by atoms with Crippen LogP contribution in [0.2, 0.25) is 0 Å². The SMILES string of the molecule is C=C(C)C(=O)OCCCC(C)(C)N.Cl. The van der Waals surface area contributed by atoms with Crippen molar-refractivity contribution in [2.75, 3.05) is 6.61 Å². The molecule has 0 bridgehead atoms. The minimum atomic E-state index is -0.324. The summed E-state index contributed by atoms with van der Waals surface area (Å²) in [6.07, 6.45) is 1.64. The van der Waals surface area contributed by atoms with Crippen molar-refractivity contribution >= 4 is 18.4 Å². The average molecular weight is 222 g/mol. The molecule has 0 radical (unpaired) electrons. The molecule has 0 spiro atoms. The number of rotatable bonds is 5. The first-order valence-corrected chi connectivity index (χ1v) is 4.44. The van der Waals surface area contributed by atoms with Crippen LogP contribution in [-0.4, -0.2) is 18.1 Å². The van der Waals surface area contributed by atoms with Crippen LogP contribution in [0.1, 0.15) is 33.6 Å². The number of halogens is 1. The molecule has 0 heterocycles. The van der Waals surface area contributed by atoms with Crippen molar-refractivity contribution in [3.63, 3.8) is 0 Å². The van der Waals surface area contributed by atoms with E-state index in [9.17, 15) is 4.79 Å². The fraction of sp³-hybridized carbons (Fsp3) is 0.700. The second-order valence-electron chi connectivity index (χ2n) is 4.01. The lowest BCUT2D eigenvalue weighted by atomic mass is 10.0. The van der Waals surface area contributed by atoms with Crippen molar-refractivity contribution in [3.8, 4) is 0 Å². The van der Waals surface area contributed by atoms with E-state index in [4.69, 9.17) is 10.5 Å². The number of esters is 1. The molecule has 4 heteroatoms. The van der Waals surface area contributed by atoms with Gasteiger partial charge in [-0.2, -0.15) is 0 Å². The standard InChI is InChI=1S/C10H19NO2.ClH/c1-8(2)9(12)13-7-5-6-10(3,4)11;/h1,5-7,11H2,2-4H3;1H. The lowest BCUT2D eigenvalue weighted by Crippen LogP contribution is -2.32. The van der Waals surface area contributed by atoms with Gasteiger partial charge in [0.15, 0.2) is 0 Å². The largest absolute Gasteiger partial charge is 0.462 e. The average Bonchev–Trinajstić information content (AvgIpc) is 1.95. The maximum atomic E-state index is 10.9. The fourth-order valence-electron chi connectivity index (χ4n) is 0.816. The molecule has 0 rings (SSSR count). The van der Waals surface area contributed by atoms with Crippen LogP contribution in [0, 0.1) is 0 Å². The zero-order valence-electron chi connectivity index (χ0n) is 9.13. The topological polar surface area (TPSA) is 52.3 Å². The van der Waals surface area contributed by atoms with Gasteiger partial charge in [-0.1, -0.05) is 6.58 Å². The van der Waals surface area contributed by atoms with Gasteiger partial charge in [0.1, 0.15) is 0 Å². The molecule has 0 aliphatic carbocycles. The van der Waals surface area contributed by atoms with Gasteiger partial charge in [-0.25, -0.2) is 4.79 Å². The Bertz CT molecular complexity index is 197. The zero-order valence-corrected chi connectivity index (χ0v) is 9.95. The van der Waals surface area contributed by atoms with E-state index in [1.807, 2.05) is 13.8 Å². The van der Waals surface area contributed by atoms with E-state index in [1.54, 1.807) is 6.92 Å². The zero-order chi connectivity index (χ0) is 10.5. The van der Waals surface area contributed by atoms with Crippen molar-refractivity contribution in [2.24, 2.45) is 5.73 Å². The second-order valence-corrected chi connectivity index (χ2v) is 4.01. The third-order valence-electron chi connectivity index (χ3n) is 1.55. The second kappa shape index (κ2) is 6.85. The van der Waals surface area contributed by atoms with Crippen LogP contribution in [-0.2, 0) is 9.53 Å². The molecule has 0 unspecified atom stereocenters. The molecule has 0 aliphatic heterocycles. The third-order valence-corrected chi connectivity index (χ3v) is 1.55. The predicted octanol–water partition coefficient (Wildman–Crippen LogP) is 2.04. The molecule has 0 saturated heterocycles. The van der Waals surface area contributed by atoms with Crippen molar-refractivity contribution in [3.05, 3.63) is 12.2 Å². The minimum Gasteiger partial charge on any atom is -0.462 e. The fourth-order valence-corrected chi connectivity index (χ4v) is 0.816. The number of hydrogen-bond donors (Lipinski definition) is 1. The summed E-state index contributed by atoms with van der Waals surface area (Å²) in [5.41, 5.74) is 6.01. The molecule has 0 amide bonds. The molecule has 0 aromatic carbocycles. The van der Waals surface area contributed by atoms with E-state index in [-0.39, 0.29) is 23.9 Å². The Hall–Kier alpha value is -0.540. The van der Waals surface area contributed by atoms with E-state index in [2.05, 4.69) is 6.58 Å². The predicted molar refractivity (Wildman–Crippen MR) is 60.5 cm³/mol. The molecule has 0 fully saturated rings. The van der Waals surface area contributed by atoms with Gasteiger partial charge in [-0.15, -0.1) is 12.4 Å². The molecule has 0 saturated carbocycles. The van der Waals surface area contributed by atoms with Crippen LogP contribution in [0.4, 0.5) is 0 Å². The summed E-state index contributed by atoms with van der Waals surface area (Å²) >= 11 is 0. The Labute approximate surface area is 92.1 Å². The van der Waals surface area contributed by atoms with Crippen LogP contribution in [0.25, 0.3) is 0 Å². The summed E-state index contributed by atoms with van der Waals surface area (Å²) in [6.45, 7) is 9.44. The first-order chi connectivity index (χ1) is 5.83.